The molecule has 0 fully saturated rings. The third kappa shape index (κ3) is 2.91. The summed E-state index contributed by atoms with van der Waals surface area (Å²) in [5.41, 5.74) is 4.23. The van der Waals surface area contributed by atoms with Gasteiger partial charge in [0.1, 0.15) is 5.75 Å². The van der Waals surface area contributed by atoms with Crippen molar-refractivity contribution in [2.45, 2.75) is 33.9 Å². The van der Waals surface area contributed by atoms with Crippen molar-refractivity contribution in [3.63, 3.8) is 0 Å². The molecular weight excluding hydrogens is 302 g/mol. The average molecular weight is 325 g/mol. The summed E-state index contributed by atoms with van der Waals surface area (Å²) in [6.45, 7) is 7.80. The summed E-state index contributed by atoms with van der Waals surface area (Å²) in [4.78, 5) is 11.4. The molecule has 1 aromatic carbocycles. The molecule has 0 spiro atoms. The maximum Gasteiger partial charge on any atom is 0.226 e. The lowest BCUT2D eigenvalue weighted by Gasteiger charge is -2.18. The highest BCUT2D eigenvalue weighted by Crippen LogP contribution is 2.24. The van der Waals surface area contributed by atoms with Crippen LogP contribution in [-0.4, -0.2) is 33.9 Å². The Balaban J connectivity index is 1.94. The minimum Gasteiger partial charge on any atom is -0.497 e. The monoisotopic (exact) mass is 325 g/mol. The number of nitrogens with zero attached hydrogens (tertiary/aromatic N) is 5. The van der Waals surface area contributed by atoms with Gasteiger partial charge in [0, 0.05) is 42.8 Å². The molecular formula is C18H23N5O. The van der Waals surface area contributed by atoms with Crippen LogP contribution in [0.5, 0.6) is 5.75 Å². The van der Waals surface area contributed by atoms with E-state index >= 15 is 0 Å². The van der Waals surface area contributed by atoms with Gasteiger partial charge in [0.25, 0.3) is 0 Å². The average Bonchev–Trinajstić information content (AvgIpc) is 2.94. The Kier molecular flexibility index (Phi) is 4.38. The first-order valence-corrected chi connectivity index (χ1v) is 8.08. The first-order valence-electron chi connectivity index (χ1n) is 8.08. The SMILES string of the molecule is CCn1ncc(CN(C)c2nc(C)c3ccc(OC)cc3n2)c1C. The van der Waals surface area contributed by atoms with Gasteiger partial charge in [0.15, 0.2) is 0 Å². The standard InChI is InChI=1S/C18H23N5O/c1-6-23-13(3)14(10-19-23)11-22(4)18-20-12(2)16-8-7-15(24-5)9-17(16)21-18/h7-10H,6,11H2,1-5H3. The summed E-state index contributed by atoms with van der Waals surface area (Å²) in [6, 6.07) is 5.88. The molecule has 2 heterocycles. The van der Waals surface area contributed by atoms with E-state index in [0.29, 0.717) is 5.95 Å². The molecule has 0 aliphatic carbocycles. The Morgan fingerprint density at radius 1 is 1.21 bits per heavy atom. The molecule has 0 amide bonds. The van der Waals surface area contributed by atoms with Crippen molar-refractivity contribution >= 4 is 16.9 Å². The van der Waals surface area contributed by atoms with Gasteiger partial charge >= 0.3 is 0 Å². The lowest BCUT2D eigenvalue weighted by Crippen LogP contribution is -2.20. The molecule has 0 saturated heterocycles. The fourth-order valence-electron chi connectivity index (χ4n) is 2.84. The van der Waals surface area contributed by atoms with E-state index < -0.39 is 0 Å². The molecule has 3 rings (SSSR count). The number of aryl methyl sites for hydroxylation is 2. The number of methoxy groups -OCH3 is 1. The van der Waals surface area contributed by atoms with Crippen LogP contribution in [0, 0.1) is 13.8 Å². The molecule has 0 N–H and O–H groups in total. The van der Waals surface area contributed by atoms with Crippen molar-refractivity contribution in [2.24, 2.45) is 0 Å². The summed E-state index contributed by atoms with van der Waals surface area (Å²) in [5.74, 6) is 1.51. The number of benzene rings is 1. The second-order valence-electron chi connectivity index (χ2n) is 5.92. The second-order valence-corrected chi connectivity index (χ2v) is 5.92. The molecule has 126 valence electrons. The van der Waals surface area contributed by atoms with Gasteiger partial charge in [-0.05, 0) is 32.9 Å². The normalized spacial score (nSPS) is 11.0. The molecule has 6 nitrogen and oxygen atoms in total. The first kappa shape index (κ1) is 16.2. The maximum absolute atomic E-state index is 5.30. The summed E-state index contributed by atoms with van der Waals surface area (Å²) < 4.78 is 7.30. The van der Waals surface area contributed by atoms with Gasteiger partial charge in [-0.3, -0.25) is 4.68 Å². The van der Waals surface area contributed by atoms with E-state index in [9.17, 15) is 0 Å². The van der Waals surface area contributed by atoms with Crippen molar-refractivity contribution in [3.05, 3.63) is 41.3 Å². The number of aromatic nitrogens is 4. The fraction of sp³-hybridized carbons (Fsp3) is 0.389. The Morgan fingerprint density at radius 3 is 2.67 bits per heavy atom. The highest BCUT2D eigenvalue weighted by molar-refractivity contribution is 5.83. The van der Waals surface area contributed by atoms with Gasteiger partial charge in [-0.25, -0.2) is 9.97 Å². The smallest absolute Gasteiger partial charge is 0.226 e. The van der Waals surface area contributed by atoms with Gasteiger partial charge in [-0.15, -0.1) is 0 Å². The van der Waals surface area contributed by atoms with Crippen LogP contribution in [0.2, 0.25) is 0 Å². The highest BCUT2D eigenvalue weighted by Gasteiger charge is 2.13. The van der Waals surface area contributed by atoms with Crippen LogP contribution in [0.25, 0.3) is 10.9 Å². The van der Waals surface area contributed by atoms with Crippen LogP contribution in [-0.2, 0) is 13.1 Å². The van der Waals surface area contributed by atoms with Crippen molar-refractivity contribution in [2.75, 3.05) is 19.1 Å². The van der Waals surface area contributed by atoms with Crippen LogP contribution in [0.3, 0.4) is 0 Å². The second kappa shape index (κ2) is 6.47. The van der Waals surface area contributed by atoms with Crippen molar-refractivity contribution in [1.29, 1.82) is 0 Å². The lowest BCUT2D eigenvalue weighted by atomic mass is 10.2. The molecule has 0 unspecified atom stereocenters. The zero-order valence-corrected chi connectivity index (χ0v) is 14.9. The predicted octanol–water partition coefficient (Wildman–Crippen LogP) is 3.11. The van der Waals surface area contributed by atoms with Crippen LogP contribution in [0.15, 0.2) is 24.4 Å². The predicted molar refractivity (Wildman–Crippen MR) is 95.6 cm³/mol. The van der Waals surface area contributed by atoms with E-state index in [1.54, 1.807) is 7.11 Å². The number of fused-ring (bicyclic) bond motifs is 1. The van der Waals surface area contributed by atoms with E-state index in [-0.39, 0.29) is 0 Å². The zero-order chi connectivity index (χ0) is 17.3. The van der Waals surface area contributed by atoms with Gasteiger partial charge in [0.05, 0.1) is 24.5 Å². The Labute approximate surface area is 142 Å². The van der Waals surface area contributed by atoms with E-state index in [4.69, 9.17) is 9.72 Å². The van der Waals surface area contributed by atoms with Crippen LogP contribution < -0.4 is 9.64 Å². The minimum atomic E-state index is 0.705. The zero-order valence-electron chi connectivity index (χ0n) is 14.9. The Morgan fingerprint density at radius 2 is 2.00 bits per heavy atom. The topological polar surface area (TPSA) is 56.1 Å². The molecule has 0 saturated carbocycles. The van der Waals surface area contributed by atoms with Gasteiger partial charge < -0.3 is 9.64 Å². The van der Waals surface area contributed by atoms with Crippen molar-refractivity contribution in [1.82, 2.24) is 19.7 Å². The highest BCUT2D eigenvalue weighted by atomic mass is 16.5. The molecule has 0 atom stereocenters. The third-order valence-electron chi connectivity index (χ3n) is 4.34. The Hall–Kier alpha value is -2.63. The summed E-state index contributed by atoms with van der Waals surface area (Å²) in [7, 11) is 3.67. The number of hydrogen-bond donors (Lipinski definition) is 0. The molecule has 0 bridgehead atoms. The van der Waals surface area contributed by atoms with Crippen LogP contribution >= 0.6 is 0 Å². The number of anilines is 1. The number of rotatable bonds is 5. The molecule has 6 heteroatoms. The molecule has 2 aromatic heterocycles. The number of hydrogen-bond acceptors (Lipinski definition) is 5. The van der Waals surface area contributed by atoms with Crippen LogP contribution in [0.1, 0.15) is 23.9 Å². The van der Waals surface area contributed by atoms with E-state index in [2.05, 4.69) is 28.8 Å². The summed E-state index contributed by atoms with van der Waals surface area (Å²) in [6.07, 6.45) is 1.92. The molecule has 3 aromatic rings. The minimum absolute atomic E-state index is 0.705. The van der Waals surface area contributed by atoms with Gasteiger partial charge in [-0.1, -0.05) is 0 Å². The summed E-state index contributed by atoms with van der Waals surface area (Å²) >= 11 is 0. The summed E-state index contributed by atoms with van der Waals surface area (Å²) in [5, 5.41) is 5.45. The van der Waals surface area contributed by atoms with Crippen molar-refractivity contribution < 1.29 is 4.74 Å². The maximum atomic E-state index is 5.30. The van der Waals surface area contributed by atoms with Crippen LogP contribution in [0.4, 0.5) is 5.95 Å². The largest absolute Gasteiger partial charge is 0.497 e. The van der Waals surface area contributed by atoms with E-state index in [1.165, 1.54) is 11.3 Å². The molecule has 0 aliphatic rings. The van der Waals surface area contributed by atoms with E-state index in [1.807, 2.05) is 43.0 Å². The molecule has 0 radical (unpaired) electrons. The molecule has 24 heavy (non-hydrogen) atoms. The van der Waals surface area contributed by atoms with Gasteiger partial charge in [0.2, 0.25) is 5.95 Å². The van der Waals surface area contributed by atoms with E-state index in [0.717, 1.165) is 35.4 Å². The fourth-order valence-corrected chi connectivity index (χ4v) is 2.84. The third-order valence-corrected chi connectivity index (χ3v) is 4.34. The number of ether oxygens (including phenoxy) is 1. The first-order chi connectivity index (χ1) is 11.5. The van der Waals surface area contributed by atoms with Crippen molar-refractivity contribution in [3.8, 4) is 5.75 Å². The molecule has 0 aliphatic heterocycles. The quantitative estimate of drug-likeness (QED) is 0.721. The lowest BCUT2D eigenvalue weighted by molar-refractivity contribution is 0.415. The Bertz CT molecular complexity index is 871. The van der Waals surface area contributed by atoms with Gasteiger partial charge in [-0.2, -0.15) is 5.10 Å².